The van der Waals surface area contributed by atoms with Gasteiger partial charge in [-0.3, -0.25) is 4.79 Å². The summed E-state index contributed by atoms with van der Waals surface area (Å²) in [6.07, 6.45) is 0. The minimum atomic E-state index is -0.0221. The Hall–Kier alpha value is -2.58. The van der Waals surface area contributed by atoms with Crippen molar-refractivity contribution < 1.29 is 14.3 Å². The topological polar surface area (TPSA) is 73.3 Å². The summed E-state index contributed by atoms with van der Waals surface area (Å²) in [5.41, 5.74) is 1.66. The molecule has 0 aliphatic carbocycles. The molecule has 0 saturated heterocycles. The highest BCUT2D eigenvalue weighted by Crippen LogP contribution is 2.34. The number of thioether (sulfide) groups is 1. The van der Waals surface area contributed by atoms with Crippen LogP contribution in [0.1, 0.15) is 4.88 Å². The minimum absolute atomic E-state index is 0.0221. The van der Waals surface area contributed by atoms with Crippen LogP contribution in [0.5, 0.6) is 11.5 Å². The molecule has 1 aromatic carbocycles. The summed E-state index contributed by atoms with van der Waals surface area (Å²) < 4.78 is 11.1. The summed E-state index contributed by atoms with van der Waals surface area (Å²) in [6, 6.07) is 13.5. The fourth-order valence-electron chi connectivity index (χ4n) is 2.54. The molecule has 0 atom stereocenters. The van der Waals surface area contributed by atoms with Crippen LogP contribution in [0.15, 0.2) is 52.9 Å². The number of carbonyl (C=O) groups is 1. The summed E-state index contributed by atoms with van der Waals surface area (Å²) in [6.45, 7) is 1.68. The predicted octanol–water partition coefficient (Wildman–Crippen LogP) is 3.38. The molecule has 1 amide bonds. The molecule has 4 rings (SSSR count). The Labute approximate surface area is 164 Å². The van der Waals surface area contributed by atoms with Crippen molar-refractivity contribution in [1.29, 1.82) is 0 Å². The molecule has 6 nitrogen and oxygen atoms in total. The Bertz CT molecular complexity index is 914. The SMILES string of the molecule is O=C(CSc1ccc(-c2ccc3c(c2)OCCO3)nn1)NCc1cccs1. The number of fused-ring (bicyclic) bond motifs is 1. The lowest BCUT2D eigenvalue weighted by Crippen LogP contribution is -2.24. The number of nitrogens with zero attached hydrogens (tertiary/aromatic N) is 2. The van der Waals surface area contributed by atoms with Crippen molar-refractivity contribution in [2.45, 2.75) is 11.6 Å². The number of ether oxygens (including phenoxy) is 2. The molecule has 27 heavy (non-hydrogen) atoms. The van der Waals surface area contributed by atoms with E-state index >= 15 is 0 Å². The predicted molar refractivity (Wildman–Crippen MR) is 105 cm³/mol. The number of hydrogen-bond acceptors (Lipinski definition) is 7. The molecule has 2 aromatic heterocycles. The van der Waals surface area contributed by atoms with Crippen molar-refractivity contribution in [3.8, 4) is 22.8 Å². The van der Waals surface area contributed by atoms with Gasteiger partial charge in [-0.05, 0) is 41.8 Å². The summed E-state index contributed by atoms with van der Waals surface area (Å²) in [4.78, 5) is 13.1. The van der Waals surface area contributed by atoms with Gasteiger partial charge in [0, 0.05) is 10.4 Å². The van der Waals surface area contributed by atoms with Gasteiger partial charge in [-0.1, -0.05) is 17.8 Å². The van der Waals surface area contributed by atoms with Gasteiger partial charge in [-0.2, -0.15) is 0 Å². The van der Waals surface area contributed by atoms with Gasteiger partial charge in [0.25, 0.3) is 0 Å². The van der Waals surface area contributed by atoms with Crippen molar-refractivity contribution in [1.82, 2.24) is 15.5 Å². The van der Waals surface area contributed by atoms with Crippen molar-refractivity contribution in [2.75, 3.05) is 19.0 Å². The third-order valence-corrected chi connectivity index (χ3v) is 5.67. The third kappa shape index (κ3) is 4.58. The van der Waals surface area contributed by atoms with Crippen molar-refractivity contribution in [2.24, 2.45) is 0 Å². The number of amides is 1. The Morgan fingerprint density at radius 1 is 1.11 bits per heavy atom. The van der Waals surface area contributed by atoms with Crippen LogP contribution in [-0.2, 0) is 11.3 Å². The fourth-order valence-corrected chi connectivity index (χ4v) is 3.83. The number of rotatable bonds is 6. The molecule has 0 spiro atoms. The lowest BCUT2D eigenvalue weighted by atomic mass is 10.1. The first-order chi connectivity index (χ1) is 13.3. The van der Waals surface area contributed by atoms with Gasteiger partial charge < -0.3 is 14.8 Å². The van der Waals surface area contributed by atoms with Gasteiger partial charge in [-0.25, -0.2) is 0 Å². The number of carbonyl (C=O) groups excluding carboxylic acids is 1. The van der Waals surface area contributed by atoms with E-state index in [0.29, 0.717) is 30.5 Å². The third-order valence-electron chi connectivity index (χ3n) is 3.87. The summed E-state index contributed by atoms with van der Waals surface area (Å²) in [5, 5.41) is 14.1. The molecule has 138 valence electrons. The maximum Gasteiger partial charge on any atom is 0.230 e. The maximum atomic E-state index is 11.9. The van der Waals surface area contributed by atoms with Crippen LogP contribution in [0.4, 0.5) is 0 Å². The fraction of sp³-hybridized carbons (Fsp3) is 0.211. The summed E-state index contributed by atoms with van der Waals surface area (Å²) in [5.74, 6) is 1.76. The highest BCUT2D eigenvalue weighted by Gasteiger charge is 2.13. The van der Waals surface area contributed by atoms with Crippen molar-refractivity contribution in [3.05, 3.63) is 52.7 Å². The average molecular weight is 399 g/mol. The van der Waals surface area contributed by atoms with Crippen molar-refractivity contribution in [3.63, 3.8) is 0 Å². The number of hydrogen-bond donors (Lipinski definition) is 1. The number of benzene rings is 1. The van der Waals surface area contributed by atoms with E-state index in [-0.39, 0.29) is 5.91 Å². The quantitative estimate of drug-likeness (QED) is 0.641. The van der Waals surface area contributed by atoms with Crippen molar-refractivity contribution >= 4 is 29.0 Å². The molecular weight excluding hydrogens is 382 g/mol. The molecule has 0 unspecified atom stereocenters. The van der Waals surface area contributed by atoms with Gasteiger partial charge >= 0.3 is 0 Å². The van der Waals surface area contributed by atoms with E-state index in [9.17, 15) is 4.79 Å². The van der Waals surface area contributed by atoms with Crippen LogP contribution in [-0.4, -0.2) is 35.1 Å². The second kappa shape index (κ2) is 8.41. The largest absolute Gasteiger partial charge is 0.486 e. The number of aromatic nitrogens is 2. The molecule has 0 saturated carbocycles. The molecule has 1 N–H and O–H groups in total. The zero-order chi connectivity index (χ0) is 18.5. The average Bonchev–Trinajstić information content (AvgIpc) is 3.24. The summed E-state index contributed by atoms with van der Waals surface area (Å²) >= 11 is 2.99. The first kappa shape index (κ1) is 17.8. The molecular formula is C19H17N3O3S2. The molecule has 0 bridgehead atoms. The van der Waals surface area contributed by atoms with E-state index < -0.39 is 0 Å². The maximum absolute atomic E-state index is 11.9. The van der Waals surface area contributed by atoms with Crippen LogP contribution < -0.4 is 14.8 Å². The van der Waals surface area contributed by atoms with E-state index in [1.54, 1.807) is 11.3 Å². The van der Waals surface area contributed by atoms with E-state index in [0.717, 1.165) is 27.6 Å². The molecule has 8 heteroatoms. The van der Waals surface area contributed by atoms with E-state index in [1.807, 2.05) is 47.8 Å². The number of nitrogens with one attached hydrogen (secondary N) is 1. The van der Waals surface area contributed by atoms with Crippen LogP contribution in [0, 0.1) is 0 Å². The van der Waals surface area contributed by atoms with Gasteiger partial charge in [0.1, 0.15) is 18.2 Å². The smallest absolute Gasteiger partial charge is 0.230 e. The second-order valence-electron chi connectivity index (χ2n) is 5.76. The Kier molecular flexibility index (Phi) is 5.55. The molecule has 3 aromatic rings. The van der Waals surface area contributed by atoms with Crippen LogP contribution in [0.25, 0.3) is 11.3 Å². The molecule has 1 aliphatic rings. The highest BCUT2D eigenvalue weighted by atomic mass is 32.2. The molecule has 0 fully saturated rings. The lowest BCUT2D eigenvalue weighted by molar-refractivity contribution is -0.118. The van der Waals surface area contributed by atoms with Crippen LogP contribution in [0.2, 0.25) is 0 Å². The lowest BCUT2D eigenvalue weighted by Gasteiger charge is -2.18. The molecule has 3 heterocycles. The monoisotopic (exact) mass is 399 g/mol. The second-order valence-corrected chi connectivity index (χ2v) is 7.79. The zero-order valence-electron chi connectivity index (χ0n) is 14.4. The molecule has 1 aliphatic heterocycles. The summed E-state index contributed by atoms with van der Waals surface area (Å²) in [7, 11) is 0. The van der Waals surface area contributed by atoms with E-state index in [4.69, 9.17) is 9.47 Å². The molecule has 0 radical (unpaired) electrons. The first-order valence-electron chi connectivity index (χ1n) is 8.43. The standard InChI is InChI=1S/C19H17N3O3S2/c23-18(20-11-14-2-1-9-26-14)12-27-19-6-4-15(21-22-19)13-3-5-16-17(10-13)25-8-7-24-16/h1-6,9-10H,7-8,11-12H2,(H,20,23). The first-order valence-corrected chi connectivity index (χ1v) is 10.3. The van der Waals surface area contributed by atoms with Gasteiger partial charge in [0.15, 0.2) is 11.5 Å². The zero-order valence-corrected chi connectivity index (χ0v) is 16.0. The normalized spacial score (nSPS) is 12.6. The van der Waals surface area contributed by atoms with Crippen LogP contribution in [0.3, 0.4) is 0 Å². The highest BCUT2D eigenvalue weighted by molar-refractivity contribution is 7.99. The van der Waals surface area contributed by atoms with Gasteiger partial charge in [-0.15, -0.1) is 21.5 Å². The van der Waals surface area contributed by atoms with E-state index in [2.05, 4.69) is 15.5 Å². The van der Waals surface area contributed by atoms with Crippen LogP contribution >= 0.6 is 23.1 Å². The number of thiophene rings is 1. The Balaban J connectivity index is 1.33. The van der Waals surface area contributed by atoms with E-state index in [1.165, 1.54) is 11.8 Å². The Morgan fingerprint density at radius 3 is 2.78 bits per heavy atom. The van der Waals surface area contributed by atoms with Gasteiger partial charge in [0.2, 0.25) is 5.91 Å². The van der Waals surface area contributed by atoms with Gasteiger partial charge in [0.05, 0.1) is 18.0 Å². The Morgan fingerprint density at radius 2 is 2.00 bits per heavy atom. The minimum Gasteiger partial charge on any atom is -0.486 e.